The number of pyridine rings is 1. The van der Waals surface area contributed by atoms with Crippen molar-refractivity contribution >= 4 is 22.9 Å². The Kier molecular flexibility index (Phi) is 2.50. The van der Waals surface area contributed by atoms with Crippen LogP contribution >= 0.6 is 11.8 Å². The van der Waals surface area contributed by atoms with E-state index in [4.69, 9.17) is 4.74 Å². The molecule has 1 aliphatic heterocycles. The molecule has 17 heavy (non-hydrogen) atoms. The normalized spacial score (nSPS) is 24.4. The Morgan fingerprint density at radius 3 is 3.00 bits per heavy atom. The number of hydrogen-bond acceptors (Lipinski definition) is 4. The topological polar surface area (TPSA) is 50.8 Å². The summed E-state index contributed by atoms with van der Waals surface area (Å²) in [5.41, 5.74) is 1.72. The van der Waals surface area contributed by atoms with E-state index in [1.54, 1.807) is 7.11 Å². The fourth-order valence-corrected chi connectivity index (χ4v) is 3.47. The number of hydrogen-bond donors (Lipinski definition) is 1. The number of nitrogens with one attached hydrogen (secondary N) is 1. The maximum atomic E-state index is 5.11. The number of ether oxygens (including phenoxy) is 1. The summed E-state index contributed by atoms with van der Waals surface area (Å²) < 4.78 is 5.23. The van der Waals surface area contributed by atoms with Gasteiger partial charge in [0.1, 0.15) is 5.82 Å². The molecule has 0 radical (unpaired) electrons. The molecule has 0 amide bonds. The number of methoxy groups -OCH3 is 1. The largest absolute Gasteiger partial charge is 0.481 e. The number of rotatable bonds is 2. The molecule has 1 unspecified atom stereocenters. The van der Waals surface area contributed by atoms with Crippen LogP contribution in [0.4, 0.5) is 0 Å². The average Bonchev–Trinajstić information content (AvgIpc) is 2.94. The van der Waals surface area contributed by atoms with E-state index in [9.17, 15) is 0 Å². The number of nitrogens with zero attached hydrogens (tertiary/aromatic N) is 2. The number of fused-ring (bicyclic) bond motifs is 1. The van der Waals surface area contributed by atoms with Gasteiger partial charge in [-0.25, -0.2) is 4.98 Å². The van der Waals surface area contributed by atoms with Crippen molar-refractivity contribution in [2.45, 2.75) is 24.5 Å². The minimum absolute atomic E-state index is 0.119. The van der Waals surface area contributed by atoms with Crippen molar-refractivity contribution in [3.8, 4) is 5.88 Å². The summed E-state index contributed by atoms with van der Waals surface area (Å²) in [6.45, 7) is 2.25. The SMILES string of the molecule is COc1ccc2[nH]c(C3(C)CCCS3)nc2n1. The van der Waals surface area contributed by atoms with Crippen molar-refractivity contribution in [1.82, 2.24) is 15.0 Å². The fourth-order valence-electron chi connectivity index (χ4n) is 2.21. The Balaban J connectivity index is 2.07. The van der Waals surface area contributed by atoms with Crippen molar-refractivity contribution in [1.29, 1.82) is 0 Å². The number of imidazole rings is 1. The first-order valence-corrected chi connectivity index (χ1v) is 6.75. The molecule has 0 aromatic carbocycles. The minimum Gasteiger partial charge on any atom is -0.481 e. The van der Waals surface area contributed by atoms with Gasteiger partial charge in [0.15, 0.2) is 5.65 Å². The number of aromatic amines is 1. The van der Waals surface area contributed by atoms with Crippen LogP contribution in [0.3, 0.4) is 0 Å². The summed E-state index contributed by atoms with van der Waals surface area (Å²) in [5, 5.41) is 0. The van der Waals surface area contributed by atoms with E-state index >= 15 is 0 Å². The first-order chi connectivity index (χ1) is 8.21. The third kappa shape index (κ3) is 1.78. The van der Waals surface area contributed by atoms with Crippen LogP contribution in [0, 0.1) is 0 Å². The molecule has 1 N–H and O–H groups in total. The molecule has 0 bridgehead atoms. The molecule has 0 spiro atoms. The van der Waals surface area contributed by atoms with Crippen molar-refractivity contribution in [3.63, 3.8) is 0 Å². The smallest absolute Gasteiger partial charge is 0.215 e. The van der Waals surface area contributed by atoms with Crippen molar-refractivity contribution < 1.29 is 4.74 Å². The van der Waals surface area contributed by atoms with Crippen LogP contribution in [0.25, 0.3) is 11.2 Å². The fraction of sp³-hybridized carbons (Fsp3) is 0.500. The number of aromatic nitrogens is 3. The lowest BCUT2D eigenvalue weighted by Gasteiger charge is -2.18. The van der Waals surface area contributed by atoms with Gasteiger partial charge in [-0.05, 0) is 31.6 Å². The van der Waals surface area contributed by atoms with Crippen molar-refractivity contribution in [3.05, 3.63) is 18.0 Å². The summed E-state index contributed by atoms with van der Waals surface area (Å²) in [6, 6.07) is 3.83. The lowest BCUT2D eigenvalue weighted by atomic mass is 10.1. The zero-order valence-corrected chi connectivity index (χ0v) is 10.8. The first-order valence-electron chi connectivity index (χ1n) is 5.76. The van der Waals surface area contributed by atoms with Gasteiger partial charge in [0.2, 0.25) is 5.88 Å². The van der Waals surface area contributed by atoms with Gasteiger partial charge < -0.3 is 9.72 Å². The van der Waals surface area contributed by atoms with Crippen LogP contribution in [0.15, 0.2) is 12.1 Å². The highest BCUT2D eigenvalue weighted by Crippen LogP contribution is 2.45. The molecule has 1 aliphatic rings. The van der Waals surface area contributed by atoms with E-state index in [-0.39, 0.29) is 4.75 Å². The summed E-state index contributed by atoms with van der Waals surface area (Å²) in [4.78, 5) is 12.3. The second kappa shape index (κ2) is 3.91. The summed E-state index contributed by atoms with van der Waals surface area (Å²) in [5.74, 6) is 2.86. The Hall–Kier alpha value is -1.23. The molecule has 0 saturated carbocycles. The molecule has 4 nitrogen and oxygen atoms in total. The Morgan fingerprint density at radius 2 is 2.29 bits per heavy atom. The van der Waals surface area contributed by atoms with Gasteiger partial charge in [0.25, 0.3) is 0 Å². The molecule has 90 valence electrons. The van der Waals surface area contributed by atoms with Crippen LogP contribution in [-0.4, -0.2) is 27.8 Å². The van der Waals surface area contributed by atoms with E-state index in [0.29, 0.717) is 5.88 Å². The summed E-state index contributed by atoms with van der Waals surface area (Å²) in [7, 11) is 1.62. The van der Waals surface area contributed by atoms with Gasteiger partial charge in [0.05, 0.1) is 17.4 Å². The second-order valence-corrected chi connectivity index (χ2v) is 6.09. The van der Waals surface area contributed by atoms with E-state index in [1.165, 1.54) is 18.6 Å². The molecular weight excluding hydrogens is 234 g/mol. The van der Waals surface area contributed by atoms with Crippen LogP contribution in [0.5, 0.6) is 5.88 Å². The molecule has 3 rings (SSSR count). The minimum atomic E-state index is 0.119. The van der Waals surface area contributed by atoms with Crippen LogP contribution in [0.1, 0.15) is 25.6 Å². The maximum absolute atomic E-state index is 5.11. The van der Waals surface area contributed by atoms with Crippen molar-refractivity contribution in [2.24, 2.45) is 0 Å². The molecule has 2 aromatic heterocycles. The predicted octanol–water partition coefficient (Wildman–Crippen LogP) is 2.71. The zero-order chi connectivity index (χ0) is 11.9. The van der Waals surface area contributed by atoms with Crippen LogP contribution in [0.2, 0.25) is 0 Å². The van der Waals surface area contributed by atoms with E-state index in [0.717, 1.165) is 17.0 Å². The second-order valence-electron chi connectivity index (χ2n) is 4.49. The molecule has 5 heteroatoms. The third-order valence-electron chi connectivity index (χ3n) is 3.25. The molecule has 1 fully saturated rings. The summed E-state index contributed by atoms with van der Waals surface area (Å²) in [6.07, 6.45) is 2.43. The highest BCUT2D eigenvalue weighted by molar-refractivity contribution is 8.00. The third-order valence-corrected chi connectivity index (χ3v) is 4.78. The van der Waals surface area contributed by atoms with Crippen molar-refractivity contribution in [2.75, 3.05) is 12.9 Å². The molecular formula is C12H15N3OS. The molecule has 2 aromatic rings. The van der Waals surface area contributed by atoms with Crippen LogP contribution in [-0.2, 0) is 4.75 Å². The first kappa shape index (κ1) is 10.9. The van der Waals surface area contributed by atoms with Gasteiger partial charge in [0, 0.05) is 6.07 Å². The van der Waals surface area contributed by atoms with E-state index in [1.807, 2.05) is 23.9 Å². The molecule has 1 atom stereocenters. The Bertz CT molecular complexity index is 546. The monoisotopic (exact) mass is 249 g/mol. The molecule has 3 heterocycles. The van der Waals surface area contributed by atoms with Gasteiger partial charge in [-0.1, -0.05) is 0 Å². The van der Waals surface area contributed by atoms with Crippen LogP contribution < -0.4 is 4.74 Å². The van der Waals surface area contributed by atoms with Gasteiger partial charge >= 0.3 is 0 Å². The predicted molar refractivity (Wildman–Crippen MR) is 69.5 cm³/mol. The van der Waals surface area contributed by atoms with Gasteiger partial charge in [-0.3, -0.25) is 0 Å². The quantitative estimate of drug-likeness (QED) is 0.889. The van der Waals surface area contributed by atoms with E-state index in [2.05, 4.69) is 21.9 Å². The van der Waals surface area contributed by atoms with Gasteiger partial charge in [-0.15, -0.1) is 11.8 Å². The number of H-pyrrole nitrogens is 1. The maximum Gasteiger partial charge on any atom is 0.215 e. The Morgan fingerprint density at radius 1 is 1.41 bits per heavy atom. The Labute approximate surface area is 104 Å². The lowest BCUT2D eigenvalue weighted by Crippen LogP contribution is -2.14. The summed E-state index contributed by atoms with van der Waals surface area (Å²) >= 11 is 1.97. The van der Waals surface area contributed by atoms with Gasteiger partial charge in [-0.2, -0.15) is 4.98 Å². The lowest BCUT2D eigenvalue weighted by molar-refractivity contribution is 0.399. The molecule has 1 saturated heterocycles. The highest BCUT2D eigenvalue weighted by atomic mass is 32.2. The molecule has 0 aliphatic carbocycles. The van der Waals surface area contributed by atoms with E-state index < -0.39 is 0 Å². The zero-order valence-electron chi connectivity index (χ0n) is 9.99. The highest BCUT2D eigenvalue weighted by Gasteiger charge is 2.34. The number of thioether (sulfide) groups is 1. The average molecular weight is 249 g/mol. The standard InChI is InChI=1S/C12H15N3OS/c1-12(6-3-7-17-12)11-13-8-4-5-9(16-2)14-10(8)15-11/h4-5H,3,6-7H2,1-2H3,(H,13,14,15).